The van der Waals surface area contributed by atoms with E-state index >= 15 is 0 Å². The third-order valence-corrected chi connectivity index (χ3v) is 9.17. The Labute approximate surface area is 210 Å². The van der Waals surface area contributed by atoms with Gasteiger partial charge in [0.1, 0.15) is 0 Å². The van der Waals surface area contributed by atoms with Crippen molar-refractivity contribution in [1.82, 2.24) is 9.97 Å². The lowest BCUT2D eigenvalue weighted by molar-refractivity contribution is -0.384. The lowest BCUT2D eigenvalue weighted by atomic mass is 10.2. The van der Waals surface area contributed by atoms with Crippen LogP contribution in [-0.2, 0) is 10.5 Å². The Balaban J connectivity index is 1.18. The number of carbonyl (C=O) groups excluding carboxylic acids is 1. The Hall–Kier alpha value is -2.99. The van der Waals surface area contributed by atoms with Crippen LogP contribution in [0.5, 0.6) is 0 Å². The van der Waals surface area contributed by atoms with Crippen LogP contribution in [0.4, 0.5) is 11.4 Å². The van der Waals surface area contributed by atoms with E-state index in [1.165, 1.54) is 23.9 Å². The molecule has 0 fully saturated rings. The van der Waals surface area contributed by atoms with E-state index < -0.39 is 4.92 Å². The summed E-state index contributed by atoms with van der Waals surface area (Å²) in [7, 11) is 0. The van der Waals surface area contributed by atoms with Crippen molar-refractivity contribution in [2.45, 2.75) is 14.4 Å². The molecular weight excluding hydrogens is 509 g/mol. The number of para-hydroxylation sites is 1. The van der Waals surface area contributed by atoms with Crippen molar-refractivity contribution in [1.29, 1.82) is 0 Å². The molecule has 2 aromatic heterocycles. The zero-order valence-electron chi connectivity index (χ0n) is 17.5. The van der Waals surface area contributed by atoms with E-state index in [0.717, 1.165) is 40.4 Å². The van der Waals surface area contributed by atoms with Gasteiger partial charge in [-0.25, -0.2) is 9.97 Å². The molecule has 0 spiro atoms. The molecule has 170 valence electrons. The van der Waals surface area contributed by atoms with Crippen LogP contribution in [0.25, 0.3) is 20.4 Å². The largest absolute Gasteiger partial charge is 0.325 e. The molecule has 0 aliphatic carbocycles. The maximum Gasteiger partial charge on any atom is 0.269 e. The normalized spacial score (nSPS) is 11.2. The minimum Gasteiger partial charge on any atom is -0.325 e. The second kappa shape index (κ2) is 10.1. The van der Waals surface area contributed by atoms with Crippen LogP contribution in [-0.4, -0.2) is 26.6 Å². The van der Waals surface area contributed by atoms with Crippen molar-refractivity contribution < 1.29 is 9.72 Å². The number of thiazole rings is 2. The quantitative estimate of drug-likeness (QED) is 0.135. The second-order valence-electron chi connectivity index (χ2n) is 7.16. The SMILES string of the molecule is O=C(CSc1nc2ccccc2s1)Nc1ccc2nc(SCc3ccc([N+](=O)[O-])cc3)sc2c1. The van der Waals surface area contributed by atoms with Crippen molar-refractivity contribution in [2.24, 2.45) is 0 Å². The highest BCUT2D eigenvalue weighted by atomic mass is 32.2. The summed E-state index contributed by atoms with van der Waals surface area (Å²) in [5.41, 5.74) is 3.64. The molecule has 0 atom stereocenters. The van der Waals surface area contributed by atoms with Crippen molar-refractivity contribution >= 4 is 83.9 Å². The van der Waals surface area contributed by atoms with Gasteiger partial charge in [0, 0.05) is 23.6 Å². The van der Waals surface area contributed by atoms with Gasteiger partial charge in [-0.05, 0) is 35.9 Å². The van der Waals surface area contributed by atoms with Crippen LogP contribution >= 0.6 is 46.2 Å². The summed E-state index contributed by atoms with van der Waals surface area (Å²) >= 11 is 6.16. The number of benzene rings is 3. The Bertz CT molecular complexity index is 1460. The fourth-order valence-electron chi connectivity index (χ4n) is 3.14. The highest BCUT2D eigenvalue weighted by molar-refractivity contribution is 8.01. The minimum atomic E-state index is -0.402. The number of nitro groups is 1. The number of rotatable bonds is 8. The predicted octanol–water partition coefficient (Wildman–Crippen LogP) is 6.84. The molecule has 0 unspecified atom stereocenters. The molecule has 2 heterocycles. The van der Waals surface area contributed by atoms with Crippen LogP contribution in [0, 0.1) is 10.1 Å². The summed E-state index contributed by atoms with van der Waals surface area (Å²) in [6.07, 6.45) is 0. The van der Waals surface area contributed by atoms with E-state index in [4.69, 9.17) is 0 Å². The number of aromatic nitrogens is 2. The van der Waals surface area contributed by atoms with Gasteiger partial charge in [0.15, 0.2) is 8.68 Å². The molecule has 0 aliphatic rings. The van der Waals surface area contributed by atoms with Gasteiger partial charge in [0.2, 0.25) is 5.91 Å². The second-order valence-corrected chi connectivity index (χ2v) is 11.7. The van der Waals surface area contributed by atoms with Gasteiger partial charge in [-0.2, -0.15) is 0 Å². The van der Waals surface area contributed by atoms with Gasteiger partial charge in [0.05, 0.1) is 31.1 Å². The fraction of sp³-hybridized carbons (Fsp3) is 0.0870. The Kier molecular flexibility index (Phi) is 6.77. The Morgan fingerprint density at radius 3 is 2.38 bits per heavy atom. The van der Waals surface area contributed by atoms with E-state index in [2.05, 4.69) is 15.3 Å². The summed E-state index contributed by atoms with van der Waals surface area (Å²) < 4.78 is 3.89. The van der Waals surface area contributed by atoms with Gasteiger partial charge >= 0.3 is 0 Å². The van der Waals surface area contributed by atoms with E-state index in [1.54, 1.807) is 46.6 Å². The summed E-state index contributed by atoms with van der Waals surface area (Å²) in [6.45, 7) is 0. The molecule has 34 heavy (non-hydrogen) atoms. The van der Waals surface area contributed by atoms with Crippen LogP contribution in [0.2, 0.25) is 0 Å². The zero-order valence-corrected chi connectivity index (χ0v) is 20.7. The van der Waals surface area contributed by atoms with Gasteiger partial charge in [0.25, 0.3) is 5.69 Å². The number of thioether (sulfide) groups is 2. The maximum atomic E-state index is 12.5. The number of anilines is 1. The first kappa shape index (κ1) is 22.8. The number of fused-ring (bicyclic) bond motifs is 2. The number of hydrogen-bond acceptors (Lipinski definition) is 9. The van der Waals surface area contributed by atoms with Crippen LogP contribution in [0.15, 0.2) is 75.4 Å². The first-order valence-corrected chi connectivity index (χ1v) is 13.7. The lowest BCUT2D eigenvalue weighted by Gasteiger charge is -2.03. The smallest absolute Gasteiger partial charge is 0.269 e. The van der Waals surface area contributed by atoms with Crippen LogP contribution < -0.4 is 5.32 Å². The molecule has 0 radical (unpaired) electrons. The number of nitro benzene ring substituents is 1. The molecule has 3 aromatic carbocycles. The minimum absolute atomic E-state index is 0.0825. The Morgan fingerprint density at radius 1 is 0.912 bits per heavy atom. The Morgan fingerprint density at radius 2 is 1.62 bits per heavy atom. The third-order valence-electron chi connectivity index (χ3n) is 4.76. The molecule has 11 heteroatoms. The molecule has 0 saturated heterocycles. The van der Waals surface area contributed by atoms with Crippen molar-refractivity contribution in [3.63, 3.8) is 0 Å². The molecule has 5 rings (SSSR count). The van der Waals surface area contributed by atoms with E-state index in [1.807, 2.05) is 42.5 Å². The van der Waals surface area contributed by atoms with Crippen LogP contribution in [0.1, 0.15) is 5.56 Å². The number of nitrogens with zero attached hydrogens (tertiary/aromatic N) is 3. The number of amides is 1. The number of nitrogens with one attached hydrogen (secondary N) is 1. The number of hydrogen-bond donors (Lipinski definition) is 1. The molecule has 0 bridgehead atoms. The van der Waals surface area contributed by atoms with Crippen LogP contribution in [0.3, 0.4) is 0 Å². The molecule has 0 saturated carbocycles. The maximum absolute atomic E-state index is 12.5. The summed E-state index contributed by atoms with van der Waals surface area (Å²) in [5.74, 6) is 0.877. The summed E-state index contributed by atoms with van der Waals surface area (Å²) in [5, 5.41) is 13.7. The summed E-state index contributed by atoms with van der Waals surface area (Å²) in [4.78, 5) is 32.0. The van der Waals surface area contributed by atoms with Gasteiger partial charge < -0.3 is 5.32 Å². The number of carbonyl (C=O) groups is 1. The van der Waals surface area contributed by atoms with Crippen molar-refractivity contribution in [3.8, 4) is 0 Å². The zero-order chi connectivity index (χ0) is 23.5. The van der Waals surface area contributed by atoms with Gasteiger partial charge in [-0.3, -0.25) is 14.9 Å². The lowest BCUT2D eigenvalue weighted by Crippen LogP contribution is -2.13. The van der Waals surface area contributed by atoms with Crippen molar-refractivity contribution in [3.05, 3.63) is 82.4 Å². The average Bonchev–Trinajstić information content (AvgIpc) is 3.44. The first-order valence-electron chi connectivity index (χ1n) is 10.1. The molecular formula is C23H16N4O3S4. The highest BCUT2D eigenvalue weighted by Gasteiger charge is 2.11. The molecule has 7 nitrogen and oxygen atoms in total. The fourth-order valence-corrected chi connectivity index (χ4v) is 7.07. The molecule has 1 amide bonds. The summed E-state index contributed by atoms with van der Waals surface area (Å²) in [6, 6.07) is 20.2. The van der Waals surface area contributed by atoms with E-state index in [0.29, 0.717) is 5.75 Å². The molecule has 1 N–H and O–H groups in total. The van der Waals surface area contributed by atoms with E-state index in [-0.39, 0.29) is 17.3 Å². The molecule has 5 aromatic rings. The number of non-ortho nitro benzene ring substituents is 1. The average molecular weight is 525 g/mol. The predicted molar refractivity (Wildman–Crippen MR) is 141 cm³/mol. The van der Waals surface area contributed by atoms with Gasteiger partial charge in [-0.15, -0.1) is 22.7 Å². The third kappa shape index (κ3) is 5.39. The first-order chi connectivity index (χ1) is 16.5. The highest BCUT2D eigenvalue weighted by Crippen LogP contribution is 2.33. The van der Waals surface area contributed by atoms with E-state index in [9.17, 15) is 14.9 Å². The van der Waals surface area contributed by atoms with Gasteiger partial charge in [-0.1, -0.05) is 47.8 Å². The molecule has 0 aliphatic heterocycles. The topological polar surface area (TPSA) is 98.0 Å². The monoisotopic (exact) mass is 524 g/mol. The standard InChI is InChI=1S/C23H16N4O3S4/c28-21(13-32-23-25-17-3-1-2-4-19(17)33-23)24-15-7-10-18-20(11-15)34-22(26-18)31-12-14-5-8-16(9-6-14)27(29)30/h1-11H,12-13H2,(H,24,28). The van der Waals surface area contributed by atoms with Crippen molar-refractivity contribution in [2.75, 3.05) is 11.1 Å².